The van der Waals surface area contributed by atoms with Gasteiger partial charge in [0.15, 0.2) is 11.0 Å². The Labute approximate surface area is 134 Å². The molecule has 0 unspecified atom stereocenters. The van der Waals surface area contributed by atoms with E-state index in [4.69, 9.17) is 0 Å². The first kappa shape index (κ1) is 15.5. The summed E-state index contributed by atoms with van der Waals surface area (Å²) in [6, 6.07) is 0.427. The molecule has 1 aliphatic rings. The SMILES string of the molecule is C[C@@H](Sc1ncc(CO)n1C)c1nnnn1C1CCCCC1. The first-order valence-corrected chi connectivity index (χ1v) is 8.64. The monoisotopic (exact) mass is 322 g/mol. The summed E-state index contributed by atoms with van der Waals surface area (Å²) in [6.07, 6.45) is 7.85. The second-order valence-corrected chi connectivity index (χ2v) is 7.09. The quantitative estimate of drug-likeness (QED) is 0.850. The van der Waals surface area contributed by atoms with Crippen LogP contribution in [-0.4, -0.2) is 34.9 Å². The summed E-state index contributed by atoms with van der Waals surface area (Å²) in [5, 5.41) is 22.6. The molecule has 0 amide bonds. The number of rotatable bonds is 5. The third-order valence-corrected chi connectivity index (χ3v) is 5.44. The van der Waals surface area contributed by atoms with Crippen molar-refractivity contribution in [2.75, 3.05) is 0 Å². The van der Waals surface area contributed by atoms with Crippen molar-refractivity contribution >= 4 is 11.8 Å². The number of aliphatic hydroxyl groups is 1. The predicted octanol–water partition coefficient (Wildman–Crippen LogP) is 2.26. The van der Waals surface area contributed by atoms with Crippen LogP contribution in [0, 0.1) is 0 Å². The number of aromatic nitrogens is 6. The third kappa shape index (κ3) is 3.03. The van der Waals surface area contributed by atoms with E-state index in [1.54, 1.807) is 18.0 Å². The Morgan fingerprint density at radius 1 is 1.36 bits per heavy atom. The molecular formula is C14H22N6OS. The van der Waals surface area contributed by atoms with Crippen molar-refractivity contribution < 1.29 is 5.11 Å². The van der Waals surface area contributed by atoms with E-state index in [1.165, 1.54) is 19.3 Å². The molecule has 0 bridgehead atoms. The van der Waals surface area contributed by atoms with Crippen LogP contribution in [0.5, 0.6) is 0 Å². The van der Waals surface area contributed by atoms with Gasteiger partial charge >= 0.3 is 0 Å². The van der Waals surface area contributed by atoms with Crippen LogP contribution in [-0.2, 0) is 13.7 Å². The standard InChI is InChI=1S/C14H22N6OS/c1-10(22-14-15-8-12(9-21)19(14)2)13-16-17-18-20(13)11-6-4-3-5-7-11/h8,10-11,21H,3-7,9H2,1-2H3/t10-/m1/s1. The van der Waals surface area contributed by atoms with Crippen molar-refractivity contribution in [3.05, 3.63) is 17.7 Å². The lowest BCUT2D eigenvalue weighted by Crippen LogP contribution is -2.17. The summed E-state index contributed by atoms with van der Waals surface area (Å²) >= 11 is 1.62. The minimum atomic E-state index is -0.00173. The number of hydrogen-bond acceptors (Lipinski definition) is 6. The molecular weight excluding hydrogens is 300 g/mol. The van der Waals surface area contributed by atoms with E-state index in [0.29, 0.717) is 6.04 Å². The molecule has 1 saturated carbocycles. The van der Waals surface area contributed by atoms with Gasteiger partial charge in [-0.05, 0) is 30.2 Å². The Bertz CT molecular complexity index is 619. The lowest BCUT2D eigenvalue weighted by molar-refractivity contribution is 0.271. The lowest BCUT2D eigenvalue weighted by Gasteiger charge is -2.23. The normalized spacial score (nSPS) is 17.8. The van der Waals surface area contributed by atoms with Crippen LogP contribution in [0.1, 0.15) is 61.8 Å². The van der Waals surface area contributed by atoms with Gasteiger partial charge in [0.1, 0.15) is 0 Å². The van der Waals surface area contributed by atoms with E-state index < -0.39 is 0 Å². The summed E-state index contributed by atoms with van der Waals surface area (Å²) in [7, 11) is 1.91. The number of hydrogen-bond donors (Lipinski definition) is 1. The van der Waals surface area contributed by atoms with Crippen LogP contribution >= 0.6 is 11.8 Å². The summed E-state index contributed by atoms with van der Waals surface area (Å²) < 4.78 is 3.92. The molecule has 1 atom stereocenters. The second kappa shape index (κ2) is 6.78. The molecule has 0 radical (unpaired) electrons. The number of aliphatic hydroxyl groups excluding tert-OH is 1. The number of nitrogens with zero attached hydrogens (tertiary/aromatic N) is 6. The number of imidazole rings is 1. The minimum absolute atomic E-state index is 0.00173. The summed E-state index contributed by atoms with van der Waals surface area (Å²) in [6.45, 7) is 2.10. The van der Waals surface area contributed by atoms with Crippen LogP contribution in [0.2, 0.25) is 0 Å². The molecule has 1 fully saturated rings. The third-order valence-electron chi connectivity index (χ3n) is 4.29. The van der Waals surface area contributed by atoms with Crippen molar-refractivity contribution in [1.29, 1.82) is 0 Å². The summed E-state index contributed by atoms with van der Waals surface area (Å²) in [5.41, 5.74) is 0.807. The predicted molar refractivity (Wildman–Crippen MR) is 83.3 cm³/mol. The van der Waals surface area contributed by atoms with Crippen molar-refractivity contribution in [3.63, 3.8) is 0 Å². The fourth-order valence-electron chi connectivity index (χ4n) is 2.95. The molecule has 2 heterocycles. The molecule has 22 heavy (non-hydrogen) atoms. The van der Waals surface area contributed by atoms with Gasteiger partial charge in [0, 0.05) is 7.05 Å². The Hall–Kier alpha value is -1.41. The molecule has 2 aromatic rings. The van der Waals surface area contributed by atoms with Crippen LogP contribution < -0.4 is 0 Å². The van der Waals surface area contributed by atoms with Gasteiger partial charge in [-0.2, -0.15) is 0 Å². The zero-order valence-electron chi connectivity index (χ0n) is 13.0. The highest BCUT2D eigenvalue weighted by Gasteiger charge is 2.24. The number of thioether (sulfide) groups is 1. The summed E-state index contributed by atoms with van der Waals surface area (Å²) in [4.78, 5) is 4.37. The van der Waals surface area contributed by atoms with E-state index in [9.17, 15) is 5.11 Å². The lowest BCUT2D eigenvalue weighted by atomic mass is 9.95. The van der Waals surface area contributed by atoms with E-state index in [2.05, 4.69) is 27.4 Å². The van der Waals surface area contributed by atoms with Gasteiger partial charge in [-0.1, -0.05) is 31.0 Å². The maximum absolute atomic E-state index is 9.26. The molecule has 1 N–H and O–H groups in total. The highest BCUT2D eigenvalue weighted by molar-refractivity contribution is 7.99. The Morgan fingerprint density at radius 3 is 2.82 bits per heavy atom. The van der Waals surface area contributed by atoms with Crippen LogP contribution in [0.15, 0.2) is 11.4 Å². The van der Waals surface area contributed by atoms with Gasteiger partial charge in [-0.15, -0.1) is 5.10 Å². The van der Waals surface area contributed by atoms with Gasteiger partial charge in [0.25, 0.3) is 0 Å². The van der Waals surface area contributed by atoms with E-state index >= 15 is 0 Å². The molecule has 0 saturated heterocycles. The maximum atomic E-state index is 9.26. The zero-order chi connectivity index (χ0) is 15.5. The number of tetrazole rings is 1. The van der Waals surface area contributed by atoms with Crippen molar-refractivity contribution in [1.82, 2.24) is 29.8 Å². The van der Waals surface area contributed by atoms with Gasteiger partial charge in [0.2, 0.25) is 0 Å². The van der Waals surface area contributed by atoms with Crippen LogP contribution in [0.4, 0.5) is 0 Å². The molecule has 3 rings (SSSR count). The molecule has 120 valence electrons. The molecule has 7 nitrogen and oxygen atoms in total. The largest absolute Gasteiger partial charge is 0.390 e. The summed E-state index contributed by atoms with van der Waals surface area (Å²) in [5.74, 6) is 0.908. The van der Waals surface area contributed by atoms with Crippen molar-refractivity contribution in [3.8, 4) is 0 Å². The molecule has 0 spiro atoms. The fraction of sp³-hybridized carbons (Fsp3) is 0.714. The van der Waals surface area contributed by atoms with Crippen molar-refractivity contribution in [2.45, 2.75) is 62.1 Å². The molecule has 1 aliphatic carbocycles. The zero-order valence-corrected chi connectivity index (χ0v) is 13.8. The molecule has 0 aliphatic heterocycles. The van der Waals surface area contributed by atoms with Gasteiger partial charge in [-0.3, -0.25) is 0 Å². The molecule has 2 aromatic heterocycles. The van der Waals surface area contributed by atoms with E-state index in [1.807, 2.05) is 16.3 Å². The van der Waals surface area contributed by atoms with Crippen LogP contribution in [0.3, 0.4) is 0 Å². The van der Waals surface area contributed by atoms with Gasteiger partial charge in [0.05, 0.1) is 29.8 Å². The fourth-order valence-corrected chi connectivity index (χ4v) is 3.91. The second-order valence-electron chi connectivity index (χ2n) is 5.78. The van der Waals surface area contributed by atoms with Gasteiger partial charge < -0.3 is 9.67 Å². The van der Waals surface area contributed by atoms with E-state index in [0.717, 1.165) is 29.5 Å². The molecule has 8 heteroatoms. The highest BCUT2D eigenvalue weighted by atomic mass is 32.2. The maximum Gasteiger partial charge on any atom is 0.168 e. The Balaban J connectivity index is 1.76. The first-order chi connectivity index (χ1) is 10.7. The smallest absolute Gasteiger partial charge is 0.168 e. The van der Waals surface area contributed by atoms with Crippen molar-refractivity contribution in [2.24, 2.45) is 7.05 Å². The highest BCUT2D eigenvalue weighted by Crippen LogP contribution is 2.36. The molecule has 0 aromatic carbocycles. The average Bonchev–Trinajstić information content (AvgIpc) is 3.16. The Kier molecular flexibility index (Phi) is 4.77. The van der Waals surface area contributed by atoms with Gasteiger partial charge in [-0.25, -0.2) is 9.67 Å². The van der Waals surface area contributed by atoms with E-state index in [-0.39, 0.29) is 11.9 Å². The topological polar surface area (TPSA) is 81.7 Å². The first-order valence-electron chi connectivity index (χ1n) is 7.76. The average molecular weight is 322 g/mol. The Morgan fingerprint density at radius 2 is 2.14 bits per heavy atom. The van der Waals surface area contributed by atoms with Crippen LogP contribution in [0.25, 0.3) is 0 Å². The minimum Gasteiger partial charge on any atom is -0.390 e.